The Labute approximate surface area is 135 Å². The van der Waals surface area contributed by atoms with E-state index in [1.54, 1.807) is 0 Å². The predicted molar refractivity (Wildman–Crippen MR) is 93.0 cm³/mol. The van der Waals surface area contributed by atoms with Gasteiger partial charge in [0, 0.05) is 50.2 Å². The fourth-order valence-corrected chi connectivity index (χ4v) is 3.30. The molecule has 1 N–H and O–H groups in total. The lowest BCUT2D eigenvalue weighted by Gasteiger charge is -2.44. The van der Waals surface area contributed by atoms with E-state index in [1.165, 1.54) is 37.1 Å². The van der Waals surface area contributed by atoms with E-state index < -0.39 is 0 Å². The number of aryl methyl sites for hydroxylation is 1. The number of pyridine rings is 1. The summed E-state index contributed by atoms with van der Waals surface area (Å²) in [7, 11) is 4.40. The quantitative estimate of drug-likeness (QED) is 0.874. The number of hydrogen-bond acceptors (Lipinski definition) is 4. The van der Waals surface area contributed by atoms with Crippen molar-refractivity contribution < 1.29 is 0 Å². The standard InChI is InChI=1S/C18H32N4/c1-15-12-19-9-6-16(15)13-20-14-18(2,3)22-10-7-17(8-11-22)21(4)5/h6,9,12,17,20H,7-8,10-11,13-14H2,1-5H3. The van der Waals surface area contributed by atoms with Gasteiger partial charge in [0.05, 0.1) is 0 Å². The highest BCUT2D eigenvalue weighted by Gasteiger charge is 2.30. The molecule has 0 saturated carbocycles. The molecule has 124 valence electrons. The van der Waals surface area contributed by atoms with E-state index in [-0.39, 0.29) is 5.54 Å². The number of rotatable bonds is 6. The molecule has 4 heteroatoms. The third-order valence-corrected chi connectivity index (χ3v) is 5.06. The molecule has 0 atom stereocenters. The van der Waals surface area contributed by atoms with Gasteiger partial charge in [0.1, 0.15) is 0 Å². The lowest BCUT2D eigenvalue weighted by molar-refractivity contribution is 0.0616. The molecule has 0 spiro atoms. The van der Waals surface area contributed by atoms with E-state index >= 15 is 0 Å². The van der Waals surface area contributed by atoms with Gasteiger partial charge in [-0.2, -0.15) is 0 Å². The summed E-state index contributed by atoms with van der Waals surface area (Å²) in [6.07, 6.45) is 6.37. The van der Waals surface area contributed by atoms with Gasteiger partial charge in [0.25, 0.3) is 0 Å². The Kier molecular flexibility index (Phi) is 5.95. The summed E-state index contributed by atoms with van der Waals surface area (Å²) in [4.78, 5) is 9.16. The summed E-state index contributed by atoms with van der Waals surface area (Å²) in [6, 6.07) is 2.86. The Hall–Kier alpha value is -0.970. The molecule has 2 rings (SSSR count). The third-order valence-electron chi connectivity index (χ3n) is 5.06. The molecular weight excluding hydrogens is 272 g/mol. The summed E-state index contributed by atoms with van der Waals surface area (Å²) in [5.74, 6) is 0. The van der Waals surface area contributed by atoms with Crippen LogP contribution in [0.2, 0.25) is 0 Å². The molecule has 1 aromatic rings. The van der Waals surface area contributed by atoms with Gasteiger partial charge >= 0.3 is 0 Å². The zero-order valence-corrected chi connectivity index (χ0v) is 14.9. The molecule has 4 nitrogen and oxygen atoms in total. The van der Waals surface area contributed by atoms with Crippen molar-refractivity contribution in [2.45, 2.75) is 51.7 Å². The SMILES string of the molecule is Cc1cnccc1CNCC(C)(C)N1CCC(N(C)C)CC1. The summed E-state index contributed by atoms with van der Waals surface area (Å²) >= 11 is 0. The normalized spacial score (nSPS) is 18.1. The molecule has 2 heterocycles. The van der Waals surface area contributed by atoms with Crippen LogP contribution in [0.25, 0.3) is 0 Å². The van der Waals surface area contributed by atoms with Crippen molar-refractivity contribution in [3.63, 3.8) is 0 Å². The van der Waals surface area contributed by atoms with Crippen LogP contribution in [-0.4, -0.2) is 60.1 Å². The average Bonchev–Trinajstić information content (AvgIpc) is 2.49. The first-order valence-electron chi connectivity index (χ1n) is 8.42. The van der Waals surface area contributed by atoms with E-state index in [0.717, 1.165) is 19.1 Å². The maximum absolute atomic E-state index is 4.16. The lowest BCUT2D eigenvalue weighted by atomic mass is 9.95. The van der Waals surface area contributed by atoms with Crippen LogP contribution in [0, 0.1) is 6.92 Å². The van der Waals surface area contributed by atoms with Gasteiger partial charge in [-0.1, -0.05) is 0 Å². The number of likely N-dealkylation sites (tertiary alicyclic amines) is 1. The van der Waals surface area contributed by atoms with Crippen LogP contribution in [0.15, 0.2) is 18.5 Å². The second-order valence-corrected chi connectivity index (χ2v) is 7.40. The van der Waals surface area contributed by atoms with Crippen LogP contribution in [0.1, 0.15) is 37.8 Å². The Balaban J connectivity index is 1.80. The van der Waals surface area contributed by atoms with Gasteiger partial charge in [0.15, 0.2) is 0 Å². The van der Waals surface area contributed by atoms with Crippen molar-refractivity contribution in [3.05, 3.63) is 29.6 Å². The zero-order valence-electron chi connectivity index (χ0n) is 14.9. The molecule has 0 aromatic carbocycles. The first-order valence-corrected chi connectivity index (χ1v) is 8.42. The number of piperidine rings is 1. The summed E-state index contributed by atoms with van der Waals surface area (Å²) in [6.45, 7) is 11.2. The van der Waals surface area contributed by atoms with Crippen LogP contribution < -0.4 is 5.32 Å². The van der Waals surface area contributed by atoms with Crippen LogP contribution in [0.4, 0.5) is 0 Å². The van der Waals surface area contributed by atoms with Gasteiger partial charge in [-0.3, -0.25) is 9.88 Å². The Morgan fingerprint density at radius 3 is 2.59 bits per heavy atom. The first-order chi connectivity index (χ1) is 10.4. The minimum atomic E-state index is 0.207. The summed E-state index contributed by atoms with van der Waals surface area (Å²) in [5, 5.41) is 3.63. The Bertz CT molecular complexity index is 462. The monoisotopic (exact) mass is 304 g/mol. The van der Waals surface area contributed by atoms with Crippen molar-refractivity contribution in [1.29, 1.82) is 0 Å². The zero-order chi connectivity index (χ0) is 16.2. The maximum Gasteiger partial charge on any atom is 0.0300 e. The van der Waals surface area contributed by atoms with Crippen molar-refractivity contribution in [3.8, 4) is 0 Å². The number of hydrogen-bond donors (Lipinski definition) is 1. The number of aromatic nitrogens is 1. The minimum absolute atomic E-state index is 0.207. The van der Waals surface area contributed by atoms with Gasteiger partial charge in [-0.25, -0.2) is 0 Å². The van der Waals surface area contributed by atoms with Crippen molar-refractivity contribution in [2.75, 3.05) is 33.7 Å². The van der Waals surface area contributed by atoms with Crippen LogP contribution in [0.3, 0.4) is 0 Å². The summed E-state index contributed by atoms with van der Waals surface area (Å²) < 4.78 is 0. The molecule has 1 saturated heterocycles. The molecule has 1 aliphatic rings. The molecule has 0 amide bonds. The fourth-order valence-electron chi connectivity index (χ4n) is 3.30. The van der Waals surface area contributed by atoms with Crippen LogP contribution in [-0.2, 0) is 6.54 Å². The van der Waals surface area contributed by atoms with E-state index in [2.05, 4.69) is 61.0 Å². The highest BCUT2D eigenvalue weighted by atomic mass is 15.2. The molecule has 0 unspecified atom stereocenters. The molecule has 0 bridgehead atoms. The highest BCUT2D eigenvalue weighted by molar-refractivity contribution is 5.21. The maximum atomic E-state index is 4.16. The van der Waals surface area contributed by atoms with Gasteiger partial charge in [-0.05, 0) is 64.9 Å². The molecule has 0 aliphatic carbocycles. The average molecular weight is 304 g/mol. The fraction of sp³-hybridized carbons (Fsp3) is 0.722. The molecular formula is C18H32N4. The smallest absolute Gasteiger partial charge is 0.0300 e. The second-order valence-electron chi connectivity index (χ2n) is 7.40. The minimum Gasteiger partial charge on any atom is -0.311 e. The first kappa shape index (κ1) is 17.4. The summed E-state index contributed by atoms with van der Waals surface area (Å²) in [5.41, 5.74) is 2.81. The molecule has 0 radical (unpaired) electrons. The van der Waals surface area contributed by atoms with Gasteiger partial charge < -0.3 is 10.2 Å². The van der Waals surface area contributed by atoms with E-state index in [9.17, 15) is 0 Å². The molecule has 1 aliphatic heterocycles. The van der Waals surface area contributed by atoms with E-state index in [4.69, 9.17) is 0 Å². The van der Waals surface area contributed by atoms with Crippen LogP contribution >= 0.6 is 0 Å². The van der Waals surface area contributed by atoms with Crippen LogP contribution in [0.5, 0.6) is 0 Å². The van der Waals surface area contributed by atoms with Gasteiger partial charge in [-0.15, -0.1) is 0 Å². The highest BCUT2D eigenvalue weighted by Crippen LogP contribution is 2.22. The predicted octanol–water partition coefficient (Wildman–Crippen LogP) is 2.28. The third kappa shape index (κ3) is 4.51. The topological polar surface area (TPSA) is 31.4 Å². The van der Waals surface area contributed by atoms with Crippen molar-refractivity contribution in [1.82, 2.24) is 20.1 Å². The Morgan fingerprint density at radius 2 is 2.00 bits per heavy atom. The van der Waals surface area contributed by atoms with Crippen molar-refractivity contribution in [2.24, 2.45) is 0 Å². The second kappa shape index (κ2) is 7.53. The lowest BCUT2D eigenvalue weighted by Crippen LogP contribution is -2.55. The molecule has 22 heavy (non-hydrogen) atoms. The van der Waals surface area contributed by atoms with E-state index in [0.29, 0.717) is 0 Å². The molecule has 1 fully saturated rings. The number of nitrogens with one attached hydrogen (secondary N) is 1. The largest absolute Gasteiger partial charge is 0.311 e. The van der Waals surface area contributed by atoms with E-state index in [1.807, 2.05) is 12.4 Å². The number of nitrogens with zero attached hydrogens (tertiary/aromatic N) is 3. The molecule has 1 aromatic heterocycles. The van der Waals surface area contributed by atoms with Gasteiger partial charge in [0.2, 0.25) is 0 Å². The Morgan fingerprint density at radius 1 is 1.32 bits per heavy atom. The van der Waals surface area contributed by atoms with Crippen molar-refractivity contribution >= 4 is 0 Å².